The molecule has 0 aromatic heterocycles. The predicted octanol–water partition coefficient (Wildman–Crippen LogP) is 4.17. The maximum atomic E-state index is 12.3. The Balaban J connectivity index is 3.34. The molecule has 21 heavy (non-hydrogen) atoms. The molecule has 0 aliphatic heterocycles. The van der Waals surface area contributed by atoms with Gasteiger partial charge in [0.05, 0.1) is 11.7 Å². The average Bonchev–Trinajstić information content (AvgIpc) is 2.23. The standard InChI is InChI=1S/C12H12F6O3/c1-6(2)10(19)9-7(20-11(13,14)15)4-3-5-8(9)21-12(16,17)18/h3-6,10,19H,1-2H3. The molecule has 0 aliphatic carbocycles. The lowest BCUT2D eigenvalue weighted by molar-refractivity contribution is -0.277. The Bertz CT molecular complexity index is 447. The van der Waals surface area contributed by atoms with Gasteiger partial charge in [-0.05, 0) is 18.1 Å². The Morgan fingerprint density at radius 1 is 0.905 bits per heavy atom. The minimum Gasteiger partial charge on any atom is -0.405 e. The molecule has 0 fully saturated rings. The fraction of sp³-hybridized carbons (Fsp3) is 0.500. The Morgan fingerprint density at radius 2 is 1.29 bits per heavy atom. The van der Waals surface area contributed by atoms with Crippen LogP contribution in [0, 0.1) is 5.92 Å². The zero-order chi connectivity index (χ0) is 16.4. The lowest BCUT2D eigenvalue weighted by atomic mass is 9.97. The number of alkyl halides is 6. The first kappa shape index (κ1) is 17.4. The highest BCUT2D eigenvalue weighted by Crippen LogP contribution is 2.41. The monoisotopic (exact) mass is 318 g/mol. The fourth-order valence-corrected chi connectivity index (χ4v) is 1.58. The van der Waals surface area contributed by atoms with Crippen LogP contribution in [0.1, 0.15) is 25.5 Å². The van der Waals surface area contributed by atoms with Crippen molar-refractivity contribution in [2.75, 3.05) is 0 Å². The second kappa shape index (κ2) is 6.00. The normalized spacial score (nSPS) is 14.2. The summed E-state index contributed by atoms with van der Waals surface area (Å²) in [4.78, 5) is 0. The number of rotatable bonds is 4. The minimum atomic E-state index is -5.11. The summed E-state index contributed by atoms with van der Waals surface area (Å²) in [7, 11) is 0. The number of hydrogen-bond donors (Lipinski definition) is 1. The molecule has 0 spiro atoms. The van der Waals surface area contributed by atoms with E-state index in [4.69, 9.17) is 0 Å². The van der Waals surface area contributed by atoms with Crippen LogP contribution in [0.2, 0.25) is 0 Å². The van der Waals surface area contributed by atoms with Crippen molar-refractivity contribution in [2.45, 2.75) is 32.7 Å². The summed E-state index contributed by atoms with van der Waals surface area (Å²) < 4.78 is 81.0. The third-order valence-electron chi connectivity index (χ3n) is 2.40. The van der Waals surface area contributed by atoms with Gasteiger partial charge in [-0.3, -0.25) is 0 Å². The largest absolute Gasteiger partial charge is 0.573 e. The van der Waals surface area contributed by atoms with Crippen LogP contribution >= 0.6 is 0 Å². The van der Waals surface area contributed by atoms with E-state index >= 15 is 0 Å². The molecule has 1 aromatic rings. The summed E-state index contributed by atoms with van der Waals surface area (Å²) in [6.45, 7) is 2.85. The molecule has 0 bridgehead atoms. The maximum Gasteiger partial charge on any atom is 0.573 e. The van der Waals surface area contributed by atoms with Gasteiger partial charge in [-0.15, -0.1) is 26.3 Å². The van der Waals surface area contributed by atoms with Crippen molar-refractivity contribution in [3.05, 3.63) is 23.8 Å². The molecule has 0 aliphatic rings. The first-order chi connectivity index (χ1) is 9.41. The van der Waals surface area contributed by atoms with Crippen molar-refractivity contribution in [3.8, 4) is 11.5 Å². The Kier molecular flexibility index (Phi) is 4.98. The van der Waals surface area contributed by atoms with Crippen LogP contribution in [-0.2, 0) is 0 Å². The summed E-state index contributed by atoms with van der Waals surface area (Å²) >= 11 is 0. The molecule has 0 saturated heterocycles. The molecular formula is C12H12F6O3. The van der Waals surface area contributed by atoms with Crippen molar-refractivity contribution >= 4 is 0 Å². The van der Waals surface area contributed by atoms with E-state index in [1.54, 1.807) is 0 Å². The van der Waals surface area contributed by atoms with Gasteiger partial charge in [0.15, 0.2) is 0 Å². The summed E-state index contributed by atoms with van der Waals surface area (Å²) in [5.74, 6) is -2.53. The smallest absolute Gasteiger partial charge is 0.405 e. The van der Waals surface area contributed by atoms with E-state index in [1.807, 2.05) is 0 Å². The van der Waals surface area contributed by atoms with Crippen molar-refractivity contribution in [3.63, 3.8) is 0 Å². The van der Waals surface area contributed by atoms with Crippen LogP contribution in [0.3, 0.4) is 0 Å². The van der Waals surface area contributed by atoms with Crippen molar-refractivity contribution in [1.29, 1.82) is 0 Å². The molecule has 0 radical (unpaired) electrons. The molecule has 1 unspecified atom stereocenters. The van der Waals surface area contributed by atoms with Crippen LogP contribution < -0.4 is 9.47 Å². The van der Waals surface area contributed by atoms with Crippen LogP contribution in [-0.4, -0.2) is 17.8 Å². The first-order valence-corrected chi connectivity index (χ1v) is 5.73. The maximum absolute atomic E-state index is 12.3. The minimum absolute atomic E-state index is 0.654. The topological polar surface area (TPSA) is 38.7 Å². The van der Waals surface area contributed by atoms with Gasteiger partial charge in [-0.25, -0.2) is 0 Å². The zero-order valence-corrected chi connectivity index (χ0v) is 10.9. The Labute approximate surface area is 116 Å². The molecule has 0 saturated carbocycles. The molecule has 9 heteroatoms. The van der Waals surface area contributed by atoms with E-state index in [2.05, 4.69) is 9.47 Å². The quantitative estimate of drug-likeness (QED) is 0.847. The average molecular weight is 318 g/mol. The number of halogens is 6. The number of hydrogen-bond acceptors (Lipinski definition) is 3. The summed E-state index contributed by atoms with van der Waals surface area (Å²) in [6.07, 6.45) is -11.8. The molecule has 1 atom stereocenters. The second-order valence-corrected chi connectivity index (χ2v) is 4.45. The van der Waals surface area contributed by atoms with Crippen molar-refractivity contribution in [1.82, 2.24) is 0 Å². The van der Waals surface area contributed by atoms with E-state index < -0.39 is 41.8 Å². The molecular weight excluding hydrogens is 306 g/mol. The predicted molar refractivity (Wildman–Crippen MR) is 59.6 cm³/mol. The van der Waals surface area contributed by atoms with Gasteiger partial charge in [-0.2, -0.15) is 0 Å². The second-order valence-electron chi connectivity index (χ2n) is 4.45. The van der Waals surface area contributed by atoms with E-state index in [1.165, 1.54) is 13.8 Å². The highest BCUT2D eigenvalue weighted by molar-refractivity contribution is 5.46. The van der Waals surface area contributed by atoms with Crippen molar-refractivity contribution < 1.29 is 40.9 Å². The van der Waals surface area contributed by atoms with Gasteiger partial charge in [0, 0.05) is 0 Å². The summed E-state index contributed by atoms with van der Waals surface area (Å²) in [6, 6.07) is 2.51. The SMILES string of the molecule is CC(C)C(O)c1c(OC(F)(F)F)cccc1OC(F)(F)F. The van der Waals surface area contributed by atoms with Gasteiger partial charge in [-0.1, -0.05) is 19.9 Å². The van der Waals surface area contributed by atoms with Gasteiger partial charge in [0.25, 0.3) is 0 Å². The van der Waals surface area contributed by atoms with Crippen LogP contribution in [0.15, 0.2) is 18.2 Å². The third kappa shape index (κ3) is 5.33. The van der Waals surface area contributed by atoms with E-state index in [0.717, 1.165) is 18.2 Å². The molecule has 120 valence electrons. The highest BCUT2D eigenvalue weighted by atomic mass is 19.4. The van der Waals surface area contributed by atoms with Gasteiger partial charge >= 0.3 is 12.7 Å². The molecule has 1 N–H and O–H groups in total. The number of benzene rings is 1. The number of aliphatic hydroxyl groups excluding tert-OH is 1. The summed E-state index contributed by atoms with van der Waals surface area (Å²) in [5, 5.41) is 9.86. The van der Waals surface area contributed by atoms with E-state index in [9.17, 15) is 31.4 Å². The van der Waals surface area contributed by atoms with E-state index in [0.29, 0.717) is 0 Å². The van der Waals surface area contributed by atoms with Crippen molar-refractivity contribution in [2.24, 2.45) is 5.92 Å². The lowest BCUT2D eigenvalue weighted by Gasteiger charge is -2.23. The molecule has 1 rings (SSSR count). The van der Waals surface area contributed by atoms with Crippen LogP contribution in [0.4, 0.5) is 26.3 Å². The Hall–Kier alpha value is -1.64. The van der Waals surface area contributed by atoms with Gasteiger partial charge in [0.2, 0.25) is 0 Å². The zero-order valence-electron chi connectivity index (χ0n) is 10.9. The Morgan fingerprint density at radius 3 is 1.57 bits per heavy atom. The molecule has 1 aromatic carbocycles. The number of ether oxygens (including phenoxy) is 2. The third-order valence-corrected chi connectivity index (χ3v) is 2.40. The summed E-state index contributed by atoms with van der Waals surface area (Å²) in [5.41, 5.74) is -0.706. The van der Waals surface area contributed by atoms with Gasteiger partial charge in [0.1, 0.15) is 11.5 Å². The molecule has 3 nitrogen and oxygen atoms in total. The highest BCUT2D eigenvalue weighted by Gasteiger charge is 2.37. The fourth-order valence-electron chi connectivity index (χ4n) is 1.58. The number of aliphatic hydroxyl groups is 1. The molecule has 0 amide bonds. The first-order valence-electron chi connectivity index (χ1n) is 5.73. The van der Waals surface area contributed by atoms with E-state index in [-0.39, 0.29) is 0 Å². The van der Waals surface area contributed by atoms with Crippen LogP contribution in [0.5, 0.6) is 11.5 Å². The molecule has 0 heterocycles. The lowest BCUT2D eigenvalue weighted by Crippen LogP contribution is -2.22. The van der Waals surface area contributed by atoms with Gasteiger partial charge < -0.3 is 14.6 Å². The van der Waals surface area contributed by atoms with Crippen LogP contribution in [0.25, 0.3) is 0 Å².